The summed E-state index contributed by atoms with van der Waals surface area (Å²) in [6.07, 6.45) is 0. The Kier molecular flexibility index (Phi) is 30600. The van der Waals surface area contributed by atoms with Crippen LogP contribution in [0.4, 0.5) is 4.70 Å². The molecule has 0 fully saturated rings. The first-order valence-electron chi connectivity index (χ1n) is 0. The molecular formula is F3Ni. The minimum Gasteiger partial charge on any atom is -1.00 e. The van der Waals surface area contributed by atoms with Gasteiger partial charge in [0, 0.05) is 4.70 Å². The van der Waals surface area contributed by atoms with Crippen molar-refractivity contribution in [1.82, 2.24) is 0 Å². The Morgan fingerprint density at radius 3 is 0.750 bits per heavy atom. The Morgan fingerprint density at radius 2 is 0.750 bits per heavy atom. The number of rotatable bonds is 0. The van der Waals surface area contributed by atoms with Gasteiger partial charge in [0.1, 0.15) is 0 Å². The van der Waals surface area contributed by atoms with E-state index in [1.165, 1.54) is 0 Å². The van der Waals surface area contributed by atoms with Gasteiger partial charge in [-0.25, -0.2) is 0 Å². The zero-order chi connectivity index (χ0) is 0. The van der Waals surface area contributed by atoms with E-state index in [9.17, 15) is 0 Å². The molecule has 31 valence electrons. The number of hydrogen-bond acceptors (Lipinski definition) is 0. The zero-order valence-corrected chi connectivity index (χ0v) is 2.44. The molecule has 0 aromatic heterocycles. The van der Waals surface area contributed by atoms with Crippen LogP contribution in [0.5, 0.6) is 0 Å². The molecule has 1 radical (unpaired) electrons. The fourth-order valence-corrected chi connectivity index (χ4v) is 0. The van der Waals surface area contributed by atoms with Crippen LogP contribution in [0.25, 0.3) is 0 Å². The molecule has 0 bridgehead atoms. The maximum Gasteiger partial charge on any atom is 2.00 e. The van der Waals surface area contributed by atoms with E-state index in [1.807, 2.05) is 0 Å². The molecule has 0 amide bonds. The van der Waals surface area contributed by atoms with Crippen LogP contribution in [0.1, 0.15) is 0 Å². The van der Waals surface area contributed by atoms with Crippen molar-refractivity contribution >= 4 is 0 Å². The predicted molar refractivity (Wildman–Crippen MR) is 1.11 cm³/mol. The molecule has 4 heteroatoms. The van der Waals surface area contributed by atoms with Gasteiger partial charge in [0.05, 0.1) is 0 Å². The van der Waals surface area contributed by atoms with E-state index in [0.717, 1.165) is 0 Å². The largest absolute Gasteiger partial charge is 2.00 e. The van der Waals surface area contributed by atoms with Crippen LogP contribution < -0.4 is 9.41 Å². The van der Waals surface area contributed by atoms with Gasteiger partial charge in [0.15, 0.2) is 0 Å². The van der Waals surface area contributed by atoms with Gasteiger partial charge in [-0.15, -0.1) is 0 Å². The summed E-state index contributed by atoms with van der Waals surface area (Å²) in [5.41, 5.74) is 0. The minimum absolute atomic E-state index is 0. The van der Waals surface area contributed by atoms with Crippen molar-refractivity contribution in [2.75, 3.05) is 0 Å². The molecule has 0 heterocycles. The minimum atomic E-state index is 0. The van der Waals surface area contributed by atoms with E-state index < -0.39 is 0 Å². The molecule has 0 N–H and O–H groups in total. The standard InChI is InChI=1S/2FH.F.Ni/h2*1H;;/q;;;+2/p-2. The third kappa shape index (κ3) is 46.8. The molecule has 0 saturated heterocycles. The molecule has 0 aromatic carbocycles. The van der Waals surface area contributed by atoms with Crippen molar-refractivity contribution in [3.63, 3.8) is 0 Å². The van der Waals surface area contributed by atoms with Crippen molar-refractivity contribution in [3.05, 3.63) is 0 Å². The molecule has 0 spiro atoms. The monoisotopic (exact) mass is 115 g/mol. The Morgan fingerprint density at radius 1 is 0.750 bits per heavy atom. The van der Waals surface area contributed by atoms with Gasteiger partial charge in [0.25, 0.3) is 0 Å². The van der Waals surface area contributed by atoms with Crippen LogP contribution >= 0.6 is 0 Å². The van der Waals surface area contributed by atoms with Crippen LogP contribution in [0.2, 0.25) is 0 Å². The molecule has 0 aliphatic heterocycles. The van der Waals surface area contributed by atoms with Crippen molar-refractivity contribution in [2.45, 2.75) is 0 Å². The van der Waals surface area contributed by atoms with Gasteiger partial charge in [0.2, 0.25) is 0 Å². The van der Waals surface area contributed by atoms with Crippen LogP contribution in [-0.2, 0) is 16.5 Å². The second-order valence-corrected chi connectivity index (χ2v) is 0. The molecule has 0 aliphatic carbocycles. The topological polar surface area (TPSA) is 0 Å². The summed E-state index contributed by atoms with van der Waals surface area (Å²) < 4.78 is 0. The third-order valence-corrected chi connectivity index (χ3v) is 0. The quantitative estimate of drug-likeness (QED) is 0.277. The molecule has 4 heavy (non-hydrogen) atoms. The third-order valence-electron chi connectivity index (χ3n) is 0. The molecule has 0 nitrogen and oxygen atoms in total. The number of halogens is 3. The summed E-state index contributed by atoms with van der Waals surface area (Å²) in [4.78, 5) is 0. The second-order valence-electron chi connectivity index (χ2n) is 0. The average molecular weight is 116 g/mol. The molecule has 0 saturated carbocycles. The van der Waals surface area contributed by atoms with E-state index >= 15 is 0 Å². The summed E-state index contributed by atoms with van der Waals surface area (Å²) in [6.45, 7) is 0. The van der Waals surface area contributed by atoms with Gasteiger partial charge in [-0.05, 0) is 0 Å². The maximum atomic E-state index is 0. The van der Waals surface area contributed by atoms with E-state index in [4.69, 9.17) is 0 Å². The van der Waals surface area contributed by atoms with Gasteiger partial charge in [-0.1, -0.05) is 0 Å². The molecule has 0 unspecified atom stereocenters. The van der Waals surface area contributed by atoms with Crippen LogP contribution in [0.3, 0.4) is 0 Å². The van der Waals surface area contributed by atoms with Gasteiger partial charge >= 0.3 is 16.5 Å². The van der Waals surface area contributed by atoms with Crippen LogP contribution in [0, 0.1) is 0 Å². The smallest absolute Gasteiger partial charge is 1.00 e. The first-order chi connectivity index (χ1) is 0. The summed E-state index contributed by atoms with van der Waals surface area (Å²) in [5, 5.41) is 0. The number of hydrogen-bond donors (Lipinski definition) is 0. The molecule has 0 atom stereocenters. The fraction of sp³-hybridized carbons (Fsp3) is 0. The summed E-state index contributed by atoms with van der Waals surface area (Å²) in [7, 11) is 0. The van der Waals surface area contributed by atoms with Gasteiger partial charge in [-0.2, -0.15) is 0 Å². The first kappa shape index (κ1) is 575. The SMILES string of the molecule is [F-].[F-].[F].[Ni+2]. The Labute approximate surface area is 31.6 Å². The molecular weight excluding hydrogens is 116 g/mol. The maximum absolute atomic E-state index is 0. The summed E-state index contributed by atoms with van der Waals surface area (Å²) >= 11 is 0. The Balaban J connectivity index is 0. The summed E-state index contributed by atoms with van der Waals surface area (Å²) in [5.74, 6) is 0. The molecule has 0 rings (SSSR count). The average Bonchev–Trinajstić information content (AvgIpc) is 0. The van der Waals surface area contributed by atoms with Crippen molar-refractivity contribution in [3.8, 4) is 0 Å². The van der Waals surface area contributed by atoms with E-state index in [0.29, 0.717) is 0 Å². The Hall–Kier alpha value is 0.284. The van der Waals surface area contributed by atoms with Crippen molar-refractivity contribution < 1.29 is 30.6 Å². The van der Waals surface area contributed by atoms with Crippen LogP contribution in [-0.4, -0.2) is 0 Å². The zero-order valence-electron chi connectivity index (χ0n) is 1.45. The van der Waals surface area contributed by atoms with E-state index in [2.05, 4.69) is 0 Å². The fourth-order valence-electron chi connectivity index (χ4n) is 0. The van der Waals surface area contributed by atoms with Crippen LogP contribution in [0.15, 0.2) is 0 Å². The summed E-state index contributed by atoms with van der Waals surface area (Å²) in [6, 6.07) is 0. The van der Waals surface area contributed by atoms with Gasteiger partial charge in [-0.3, -0.25) is 0 Å². The molecule has 0 aliphatic rings. The van der Waals surface area contributed by atoms with Crippen molar-refractivity contribution in [2.24, 2.45) is 0 Å². The predicted octanol–water partition coefficient (Wildman–Crippen LogP) is -5.57. The van der Waals surface area contributed by atoms with E-state index in [-0.39, 0.29) is 30.6 Å². The van der Waals surface area contributed by atoms with Gasteiger partial charge < -0.3 is 9.41 Å². The van der Waals surface area contributed by atoms with Crippen molar-refractivity contribution in [1.29, 1.82) is 0 Å². The molecule has 0 aromatic rings. The first-order valence-corrected chi connectivity index (χ1v) is 0. The second kappa shape index (κ2) is 213. The Bertz CT molecular complexity index is 3.25. The normalized spacial score (nSPS) is 0. The van der Waals surface area contributed by atoms with E-state index in [1.54, 1.807) is 0 Å².